The van der Waals surface area contributed by atoms with E-state index in [1.54, 1.807) is 18.9 Å². The number of hydrogen-bond donors (Lipinski definition) is 1. The Morgan fingerprint density at radius 1 is 1.10 bits per heavy atom. The van der Waals surface area contributed by atoms with Crippen molar-refractivity contribution in [1.82, 2.24) is 10.2 Å². The predicted octanol–water partition coefficient (Wildman–Crippen LogP) is 5.30. The van der Waals surface area contributed by atoms with Gasteiger partial charge in [-0.05, 0) is 53.5 Å². The van der Waals surface area contributed by atoms with E-state index in [0.29, 0.717) is 24.7 Å². The third-order valence-electron chi connectivity index (χ3n) is 4.59. The van der Waals surface area contributed by atoms with Gasteiger partial charge in [-0.25, -0.2) is 0 Å². The number of rotatable bonds is 10. The quantitative estimate of drug-likeness (QED) is 0.351. The predicted molar refractivity (Wildman–Crippen MR) is 119 cm³/mol. The normalized spacial score (nSPS) is 10.9. The Morgan fingerprint density at radius 3 is 2.50 bits per heavy atom. The van der Waals surface area contributed by atoms with E-state index >= 15 is 0 Å². The average molecular weight is 426 g/mol. The smallest absolute Gasteiger partial charge is 0.322 e. The summed E-state index contributed by atoms with van der Waals surface area (Å²) in [6.45, 7) is 4.33. The van der Waals surface area contributed by atoms with Crippen molar-refractivity contribution in [1.29, 1.82) is 0 Å². The summed E-state index contributed by atoms with van der Waals surface area (Å²) in [4.78, 5) is 13.3. The molecule has 158 valence electrons. The first-order chi connectivity index (χ1) is 14.5. The molecule has 0 aliphatic heterocycles. The van der Waals surface area contributed by atoms with E-state index < -0.39 is 0 Å². The molecule has 0 spiro atoms. The fourth-order valence-corrected chi connectivity index (χ4v) is 3.70. The van der Waals surface area contributed by atoms with E-state index in [9.17, 15) is 4.79 Å². The molecule has 0 saturated carbocycles. The monoisotopic (exact) mass is 425 g/mol. The van der Waals surface area contributed by atoms with E-state index in [1.165, 1.54) is 5.56 Å². The standard InChI is InChI=1S/C23H27N3O3S/c1-16(2)18-8-6-17(7-9-18)15-22-25-26-23(29-22)24-21(27)5-4-14-30-20-12-10-19(28-3)11-13-20/h6-13,16H,4-5,14-15H2,1-3H3,(H,24,26,27). The molecule has 1 heterocycles. The summed E-state index contributed by atoms with van der Waals surface area (Å²) in [5, 5.41) is 10.6. The van der Waals surface area contributed by atoms with E-state index in [2.05, 4.69) is 53.6 Å². The zero-order valence-corrected chi connectivity index (χ0v) is 18.4. The number of benzene rings is 2. The number of aromatic nitrogens is 2. The van der Waals surface area contributed by atoms with Gasteiger partial charge in [-0.15, -0.1) is 16.9 Å². The SMILES string of the molecule is COc1ccc(SCCCC(=O)Nc2nnc(Cc3ccc(C(C)C)cc3)o2)cc1. The lowest BCUT2D eigenvalue weighted by atomic mass is 10.0. The zero-order valence-electron chi connectivity index (χ0n) is 17.6. The Hall–Kier alpha value is -2.80. The van der Waals surface area contributed by atoms with Crippen molar-refractivity contribution in [3.05, 3.63) is 65.5 Å². The van der Waals surface area contributed by atoms with Gasteiger partial charge >= 0.3 is 6.01 Å². The number of carbonyl (C=O) groups is 1. The summed E-state index contributed by atoms with van der Waals surface area (Å²) in [5.74, 6) is 2.55. The van der Waals surface area contributed by atoms with Crippen LogP contribution in [0.3, 0.4) is 0 Å². The van der Waals surface area contributed by atoms with Crippen LogP contribution in [0.25, 0.3) is 0 Å². The fraction of sp³-hybridized carbons (Fsp3) is 0.348. The minimum atomic E-state index is -0.123. The molecule has 0 aliphatic carbocycles. The van der Waals surface area contributed by atoms with Crippen LogP contribution in [0.1, 0.15) is 49.6 Å². The summed E-state index contributed by atoms with van der Waals surface area (Å²) < 4.78 is 10.7. The van der Waals surface area contributed by atoms with Gasteiger partial charge in [0.15, 0.2) is 0 Å². The highest BCUT2D eigenvalue weighted by atomic mass is 32.2. The summed E-state index contributed by atoms with van der Waals surface area (Å²) >= 11 is 1.71. The molecule has 7 heteroatoms. The second-order valence-corrected chi connectivity index (χ2v) is 8.42. The third-order valence-corrected chi connectivity index (χ3v) is 5.69. The molecule has 0 aliphatic rings. The van der Waals surface area contributed by atoms with Crippen molar-refractivity contribution in [2.45, 2.75) is 43.9 Å². The topological polar surface area (TPSA) is 77.2 Å². The molecule has 1 amide bonds. The lowest BCUT2D eigenvalue weighted by molar-refractivity contribution is -0.116. The summed E-state index contributed by atoms with van der Waals surface area (Å²) in [6, 6.07) is 16.4. The van der Waals surface area contributed by atoms with Crippen molar-refractivity contribution in [3.8, 4) is 5.75 Å². The highest BCUT2D eigenvalue weighted by Crippen LogP contribution is 2.22. The van der Waals surface area contributed by atoms with Crippen molar-refractivity contribution in [2.75, 3.05) is 18.2 Å². The Balaban J connectivity index is 1.39. The molecule has 1 aromatic heterocycles. The van der Waals surface area contributed by atoms with Gasteiger partial charge in [-0.1, -0.05) is 43.2 Å². The molecule has 0 unspecified atom stereocenters. The Labute approximate surface area is 181 Å². The van der Waals surface area contributed by atoms with Crippen LogP contribution in [0.15, 0.2) is 57.8 Å². The molecular formula is C23H27N3O3S. The van der Waals surface area contributed by atoms with E-state index in [0.717, 1.165) is 28.4 Å². The first kappa shape index (κ1) is 21.9. The molecule has 6 nitrogen and oxygen atoms in total. The number of nitrogens with zero attached hydrogens (tertiary/aromatic N) is 2. The maximum Gasteiger partial charge on any atom is 0.322 e. The van der Waals surface area contributed by atoms with Gasteiger partial charge in [0.05, 0.1) is 13.5 Å². The van der Waals surface area contributed by atoms with Crippen LogP contribution < -0.4 is 10.1 Å². The first-order valence-corrected chi connectivity index (χ1v) is 11.0. The lowest BCUT2D eigenvalue weighted by Crippen LogP contribution is -2.11. The second-order valence-electron chi connectivity index (χ2n) is 7.25. The molecule has 0 atom stereocenters. The maximum absolute atomic E-state index is 12.1. The van der Waals surface area contributed by atoms with Gasteiger partial charge in [0.1, 0.15) is 5.75 Å². The minimum absolute atomic E-state index is 0.123. The number of ether oxygens (including phenoxy) is 1. The summed E-state index contributed by atoms with van der Waals surface area (Å²) in [7, 11) is 1.65. The Kier molecular flexibility index (Phi) is 7.90. The summed E-state index contributed by atoms with van der Waals surface area (Å²) in [5.41, 5.74) is 2.39. The highest BCUT2D eigenvalue weighted by Gasteiger charge is 2.11. The van der Waals surface area contributed by atoms with Gasteiger partial charge in [0, 0.05) is 11.3 Å². The van der Waals surface area contributed by atoms with Crippen molar-refractivity contribution < 1.29 is 13.9 Å². The van der Waals surface area contributed by atoms with Crippen LogP contribution in [0, 0.1) is 0 Å². The minimum Gasteiger partial charge on any atom is -0.497 e. The lowest BCUT2D eigenvalue weighted by Gasteiger charge is -2.05. The van der Waals surface area contributed by atoms with E-state index in [-0.39, 0.29) is 11.9 Å². The molecule has 0 bridgehead atoms. The molecule has 1 N–H and O–H groups in total. The number of hydrogen-bond acceptors (Lipinski definition) is 6. The second kappa shape index (κ2) is 10.8. The van der Waals surface area contributed by atoms with Crippen LogP contribution >= 0.6 is 11.8 Å². The third kappa shape index (κ3) is 6.62. The van der Waals surface area contributed by atoms with Crippen LogP contribution in [0.4, 0.5) is 6.01 Å². The molecular weight excluding hydrogens is 398 g/mol. The van der Waals surface area contributed by atoms with Gasteiger partial charge in [-0.3, -0.25) is 10.1 Å². The Morgan fingerprint density at radius 2 is 1.83 bits per heavy atom. The molecule has 0 saturated heterocycles. The molecule has 2 aromatic carbocycles. The van der Waals surface area contributed by atoms with Crippen LogP contribution in [0.2, 0.25) is 0 Å². The number of amides is 1. The van der Waals surface area contributed by atoms with Gasteiger partial charge in [0.25, 0.3) is 0 Å². The molecule has 3 rings (SSSR count). The van der Waals surface area contributed by atoms with Crippen LogP contribution in [-0.2, 0) is 11.2 Å². The number of nitrogens with one attached hydrogen (secondary N) is 1. The molecule has 3 aromatic rings. The van der Waals surface area contributed by atoms with Gasteiger partial charge < -0.3 is 9.15 Å². The fourth-order valence-electron chi connectivity index (χ4n) is 2.85. The van der Waals surface area contributed by atoms with Crippen molar-refractivity contribution in [3.63, 3.8) is 0 Å². The first-order valence-electron chi connectivity index (χ1n) is 10.0. The molecule has 0 radical (unpaired) electrons. The molecule has 0 fully saturated rings. The number of anilines is 1. The van der Waals surface area contributed by atoms with E-state index in [4.69, 9.17) is 9.15 Å². The average Bonchev–Trinajstić information content (AvgIpc) is 3.18. The highest BCUT2D eigenvalue weighted by molar-refractivity contribution is 7.99. The van der Waals surface area contributed by atoms with Crippen LogP contribution in [0.5, 0.6) is 5.75 Å². The van der Waals surface area contributed by atoms with Gasteiger partial charge in [0.2, 0.25) is 11.8 Å². The van der Waals surface area contributed by atoms with Crippen molar-refractivity contribution >= 4 is 23.7 Å². The zero-order chi connectivity index (χ0) is 21.3. The van der Waals surface area contributed by atoms with E-state index in [1.807, 2.05) is 24.3 Å². The van der Waals surface area contributed by atoms with Crippen LogP contribution in [-0.4, -0.2) is 29.0 Å². The summed E-state index contributed by atoms with van der Waals surface area (Å²) in [6.07, 6.45) is 1.70. The molecule has 30 heavy (non-hydrogen) atoms. The van der Waals surface area contributed by atoms with Crippen molar-refractivity contribution in [2.24, 2.45) is 0 Å². The Bertz CT molecular complexity index is 937. The number of methoxy groups -OCH3 is 1. The number of thioether (sulfide) groups is 1. The maximum atomic E-state index is 12.1. The largest absolute Gasteiger partial charge is 0.497 e. The van der Waals surface area contributed by atoms with Gasteiger partial charge in [-0.2, -0.15) is 0 Å². The number of carbonyl (C=O) groups excluding carboxylic acids is 1.